The van der Waals surface area contributed by atoms with Crippen LogP contribution in [0.2, 0.25) is 0 Å². The molecule has 0 amide bonds. The fourth-order valence-corrected chi connectivity index (χ4v) is 4.54. The van der Waals surface area contributed by atoms with Crippen molar-refractivity contribution in [2.24, 2.45) is 10.9 Å². The fraction of sp³-hybridized carbons (Fsp3) is 0.600. The topological polar surface area (TPSA) is 74.7 Å². The summed E-state index contributed by atoms with van der Waals surface area (Å²) in [4.78, 5) is 35.0. The van der Waals surface area contributed by atoms with E-state index in [1.807, 2.05) is 12.1 Å². The van der Waals surface area contributed by atoms with Crippen LogP contribution in [0.5, 0.6) is 0 Å². The summed E-state index contributed by atoms with van der Waals surface area (Å²) in [6.07, 6.45) is 9.70. The molecule has 1 N–H and O–H groups in total. The molecule has 3 aliphatic rings. The molecule has 138 valence electrons. The van der Waals surface area contributed by atoms with Crippen LogP contribution in [0.1, 0.15) is 37.7 Å². The Morgan fingerprint density at radius 1 is 1.12 bits per heavy atom. The van der Waals surface area contributed by atoms with E-state index >= 15 is 0 Å². The average molecular weight is 354 g/mol. The summed E-state index contributed by atoms with van der Waals surface area (Å²) in [7, 11) is 0. The molecule has 0 unspecified atom stereocenters. The van der Waals surface area contributed by atoms with Crippen molar-refractivity contribution in [3.8, 4) is 0 Å². The number of nitrogens with zero attached hydrogens (tertiary/aromatic N) is 3. The van der Waals surface area contributed by atoms with Gasteiger partial charge in [-0.25, -0.2) is 0 Å². The lowest BCUT2D eigenvalue weighted by Gasteiger charge is -2.45. The van der Waals surface area contributed by atoms with E-state index in [-0.39, 0.29) is 5.78 Å². The van der Waals surface area contributed by atoms with Gasteiger partial charge in [0.1, 0.15) is 11.8 Å². The molecule has 3 heterocycles. The molecule has 3 atom stereocenters. The largest absolute Gasteiger partial charge is 0.302 e. The maximum atomic E-state index is 12.0. The van der Waals surface area contributed by atoms with Gasteiger partial charge in [-0.1, -0.05) is 6.42 Å². The van der Waals surface area contributed by atoms with Gasteiger partial charge in [-0.15, -0.1) is 0 Å². The first-order chi connectivity index (χ1) is 12.7. The van der Waals surface area contributed by atoms with Crippen molar-refractivity contribution in [2.45, 2.75) is 50.7 Å². The Morgan fingerprint density at radius 3 is 2.77 bits per heavy atom. The number of fused-ring (bicyclic) bond motifs is 1. The molecule has 1 saturated carbocycles. The van der Waals surface area contributed by atoms with Crippen LogP contribution in [0.3, 0.4) is 0 Å². The molecule has 0 radical (unpaired) electrons. The number of nitrogens with one attached hydrogen (secondary N) is 1. The van der Waals surface area contributed by atoms with Crippen LogP contribution in [0, 0.1) is 5.92 Å². The zero-order valence-electron chi connectivity index (χ0n) is 15.1. The molecule has 2 saturated heterocycles. The Morgan fingerprint density at radius 2 is 1.92 bits per heavy atom. The highest BCUT2D eigenvalue weighted by molar-refractivity contribution is 6.80. The Hall–Kier alpha value is -1.92. The molecule has 6 nitrogen and oxygen atoms in total. The number of aromatic nitrogens is 1. The predicted molar refractivity (Wildman–Crippen MR) is 99.1 cm³/mol. The molecule has 6 heteroatoms. The highest BCUT2D eigenvalue weighted by atomic mass is 16.2. The Labute approximate surface area is 154 Å². The normalized spacial score (nSPS) is 30.9. The van der Waals surface area contributed by atoms with E-state index in [2.05, 4.69) is 20.2 Å². The first-order valence-electron chi connectivity index (χ1n) is 9.73. The smallest absolute Gasteiger partial charge is 0.246 e. The second-order valence-corrected chi connectivity index (χ2v) is 7.59. The lowest BCUT2D eigenvalue weighted by atomic mass is 9.82. The van der Waals surface area contributed by atoms with Crippen LogP contribution >= 0.6 is 0 Å². The van der Waals surface area contributed by atoms with Gasteiger partial charge in [0.2, 0.25) is 11.6 Å². The molecule has 0 aromatic carbocycles. The molecule has 0 spiro atoms. The number of carbonyl (C=O) groups excluding carboxylic acids is 2. The van der Waals surface area contributed by atoms with Gasteiger partial charge >= 0.3 is 0 Å². The maximum Gasteiger partial charge on any atom is 0.246 e. The van der Waals surface area contributed by atoms with Gasteiger partial charge in [-0.3, -0.25) is 19.6 Å². The Balaban J connectivity index is 1.37. The minimum Gasteiger partial charge on any atom is -0.302 e. The van der Waals surface area contributed by atoms with Crippen molar-refractivity contribution in [1.82, 2.24) is 15.2 Å². The van der Waals surface area contributed by atoms with Gasteiger partial charge in [-0.2, -0.15) is 0 Å². The van der Waals surface area contributed by atoms with Crippen molar-refractivity contribution in [3.63, 3.8) is 0 Å². The van der Waals surface area contributed by atoms with Crippen LogP contribution in [-0.2, 0) is 16.1 Å². The van der Waals surface area contributed by atoms with Gasteiger partial charge in [-0.05, 0) is 62.4 Å². The number of rotatable bonds is 5. The van der Waals surface area contributed by atoms with Gasteiger partial charge in [0.15, 0.2) is 0 Å². The Kier molecular flexibility index (Phi) is 5.22. The second-order valence-electron chi connectivity index (χ2n) is 7.59. The van der Waals surface area contributed by atoms with E-state index in [4.69, 9.17) is 0 Å². The number of carbonyl (C=O) groups is 2. The molecule has 26 heavy (non-hydrogen) atoms. The first-order valence-corrected chi connectivity index (χ1v) is 9.73. The third kappa shape index (κ3) is 3.48. The lowest BCUT2D eigenvalue weighted by Crippen LogP contribution is -2.63. The number of pyridine rings is 1. The maximum absolute atomic E-state index is 12.0. The van der Waals surface area contributed by atoms with Gasteiger partial charge in [0, 0.05) is 25.0 Å². The standard InChI is InChI=1S/C20H26N4O2/c25-19-17(22-12-14-6-8-21-9-7-14)18(20(19)26)23-13-15-4-3-11-24-10-2-1-5-16(15)24/h6-9,15-16,18,23H,1-5,10-13H2/t15-,16-,18+/m1/s1. The third-order valence-electron chi connectivity index (χ3n) is 5.99. The molecule has 1 aromatic heterocycles. The third-order valence-corrected chi connectivity index (χ3v) is 5.99. The molecule has 2 aliphatic heterocycles. The number of piperidine rings is 2. The van der Waals surface area contributed by atoms with Crippen LogP contribution in [0.4, 0.5) is 0 Å². The first kappa shape index (κ1) is 17.5. The van der Waals surface area contributed by atoms with Gasteiger partial charge < -0.3 is 10.2 Å². The van der Waals surface area contributed by atoms with E-state index in [9.17, 15) is 9.59 Å². The monoisotopic (exact) mass is 354 g/mol. The summed E-state index contributed by atoms with van der Waals surface area (Å²) in [6.45, 7) is 3.62. The van der Waals surface area contributed by atoms with Crippen molar-refractivity contribution < 1.29 is 9.59 Å². The van der Waals surface area contributed by atoms with E-state index < -0.39 is 11.8 Å². The van der Waals surface area contributed by atoms with Crippen molar-refractivity contribution >= 4 is 17.3 Å². The van der Waals surface area contributed by atoms with E-state index in [0.717, 1.165) is 12.1 Å². The van der Waals surface area contributed by atoms with Gasteiger partial charge in [0.05, 0.1) is 6.54 Å². The van der Waals surface area contributed by atoms with Crippen molar-refractivity contribution in [1.29, 1.82) is 0 Å². The minimum atomic E-state index is -0.511. The fourth-order valence-electron chi connectivity index (χ4n) is 4.54. The van der Waals surface area contributed by atoms with Crippen LogP contribution in [-0.4, -0.2) is 58.9 Å². The summed E-state index contributed by atoms with van der Waals surface area (Å²) in [5, 5.41) is 3.35. The summed E-state index contributed by atoms with van der Waals surface area (Å²) < 4.78 is 0. The van der Waals surface area contributed by atoms with Crippen LogP contribution < -0.4 is 5.32 Å². The molecule has 3 fully saturated rings. The highest BCUT2D eigenvalue weighted by Crippen LogP contribution is 2.30. The average Bonchev–Trinajstić information content (AvgIpc) is 2.70. The Bertz CT molecular complexity index is 701. The van der Waals surface area contributed by atoms with E-state index in [1.165, 1.54) is 45.2 Å². The molecular formula is C20H26N4O2. The molecule has 1 aliphatic carbocycles. The summed E-state index contributed by atoms with van der Waals surface area (Å²) in [5.41, 5.74) is 1.38. The van der Waals surface area contributed by atoms with Gasteiger partial charge in [0.25, 0.3) is 0 Å². The molecular weight excluding hydrogens is 328 g/mol. The predicted octanol–water partition coefficient (Wildman–Crippen LogP) is 1.40. The zero-order valence-corrected chi connectivity index (χ0v) is 15.1. The zero-order chi connectivity index (χ0) is 17.9. The molecule has 4 rings (SSSR count). The summed E-state index contributed by atoms with van der Waals surface area (Å²) >= 11 is 0. The summed E-state index contributed by atoms with van der Waals surface area (Å²) in [6, 6.07) is 3.87. The quantitative estimate of drug-likeness (QED) is 0.809. The number of ketones is 2. The minimum absolute atomic E-state index is 0.338. The number of aliphatic imine (C=N–C) groups is 1. The highest BCUT2D eigenvalue weighted by Gasteiger charge is 2.46. The lowest BCUT2D eigenvalue weighted by molar-refractivity contribution is -0.136. The molecule has 0 bridgehead atoms. The van der Waals surface area contributed by atoms with Crippen LogP contribution in [0.25, 0.3) is 0 Å². The number of hydrogen-bond acceptors (Lipinski definition) is 6. The number of hydrogen-bond donors (Lipinski definition) is 1. The summed E-state index contributed by atoms with van der Waals surface area (Å²) in [5.74, 6) is -0.205. The SMILES string of the molecule is O=C1C(=O)[C@@H](NC[C@H]2CCCN3CCCC[C@H]23)C1=NCc1ccncc1. The van der Waals surface area contributed by atoms with E-state index in [0.29, 0.717) is 24.2 Å². The molecule has 1 aromatic rings. The van der Waals surface area contributed by atoms with Crippen molar-refractivity contribution in [2.75, 3.05) is 19.6 Å². The van der Waals surface area contributed by atoms with E-state index in [1.54, 1.807) is 12.4 Å². The van der Waals surface area contributed by atoms with Crippen LogP contribution in [0.15, 0.2) is 29.5 Å². The second kappa shape index (κ2) is 7.76. The number of Topliss-reactive ketones (excluding diaryl/α,β-unsaturated/α-hetero) is 2. The van der Waals surface area contributed by atoms with Crippen molar-refractivity contribution in [3.05, 3.63) is 30.1 Å².